The topological polar surface area (TPSA) is 116 Å². The van der Waals surface area contributed by atoms with Gasteiger partial charge >= 0.3 is 18.0 Å². The van der Waals surface area contributed by atoms with Crippen molar-refractivity contribution in [2.45, 2.75) is 37.8 Å². The number of fused-ring (bicyclic) bond motifs is 1. The Kier molecular flexibility index (Phi) is 4.79. The molecule has 0 bridgehead atoms. The minimum atomic E-state index is -1.44. The normalized spacial score (nSPS) is 18.4. The third-order valence-corrected chi connectivity index (χ3v) is 4.34. The Labute approximate surface area is 125 Å². The van der Waals surface area contributed by atoms with E-state index >= 15 is 0 Å². The predicted molar refractivity (Wildman–Crippen MR) is 75.3 cm³/mol. The van der Waals surface area contributed by atoms with Crippen molar-refractivity contribution >= 4 is 29.3 Å². The van der Waals surface area contributed by atoms with Gasteiger partial charge in [0.1, 0.15) is 6.04 Å². The van der Waals surface area contributed by atoms with Crippen LogP contribution in [0.25, 0.3) is 0 Å². The number of urea groups is 1. The van der Waals surface area contributed by atoms with Crippen molar-refractivity contribution < 1.29 is 24.6 Å². The molecule has 2 rings (SSSR count). The summed E-state index contributed by atoms with van der Waals surface area (Å²) in [5.74, 6) is -2.65. The van der Waals surface area contributed by atoms with Crippen LogP contribution >= 0.6 is 11.3 Å². The van der Waals surface area contributed by atoms with Crippen molar-refractivity contribution in [3.63, 3.8) is 0 Å². The Bertz CT molecular complexity index is 557. The van der Waals surface area contributed by atoms with Crippen molar-refractivity contribution in [1.82, 2.24) is 10.6 Å². The Morgan fingerprint density at radius 3 is 2.81 bits per heavy atom. The van der Waals surface area contributed by atoms with Gasteiger partial charge in [0.05, 0.1) is 12.5 Å². The predicted octanol–water partition coefficient (Wildman–Crippen LogP) is 1.35. The maximum Gasteiger partial charge on any atom is 0.326 e. The lowest BCUT2D eigenvalue weighted by atomic mass is 9.94. The zero-order valence-electron chi connectivity index (χ0n) is 11.2. The molecular formula is C13H16N2O5S. The molecule has 0 aromatic carbocycles. The minimum Gasteiger partial charge on any atom is -0.481 e. The highest BCUT2D eigenvalue weighted by Gasteiger charge is 2.26. The van der Waals surface area contributed by atoms with E-state index in [-0.39, 0.29) is 6.04 Å². The Morgan fingerprint density at radius 1 is 1.38 bits per heavy atom. The van der Waals surface area contributed by atoms with Crippen LogP contribution in [0.15, 0.2) is 11.4 Å². The summed E-state index contributed by atoms with van der Waals surface area (Å²) in [6, 6.07) is -0.296. The summed E-state index contributed by atoms with van der Waals surface area (Å²) < 4.78 is 0. The second-order valence-corrected chi connectivity index (χ2v) is 5.85. The largest absolute Gasteiger partial charge is 0.481 e. The summed E-state index contributed by atoms with van der Waals surface area (Å²) in [7, 11) is 0. The summed E-state index contributed by atoms with van der Waals surface area (Å²) in [4.78, 5) is 34.6. The molecule has 0 fully saturated rings. The second-order valence-electron chi connectivity index (χ2n) is 4.85. The average molecular weight is 312 g/mol. The standard InChI is InChI=1S/C13H16N2O5S/c16-11(17)6-9(12(18)19)15-13(20)14-8-2-1-3-10-7(8)4-5-21-10/h4-5,8-9H,1-3,6H2,(H,16,17)(H,18,19)(H2,14,15,20). The number of rotatable bonds is 5. The molecule has 2 unspecified atom stereocenters. The maximum absolute atomic E-state index is 11.9. The monoisotopic (exact) mass is 312 g/mol. The van der Waals surface area contributed by atoms with E-state index in [0.717, 1.165) is 24.8 Å². The number of amides is 2. The van der Waals surface area contributed by atoms with Crippen molar-refractivity contribution in [3.05, 3.63) is 21.9 Å². The number of aliphatic carboxylic acids is 2. The molecule has 0 spiro atoms. The van der Waals surface area contributed by atoms with Gasteiger partial charge in [-0.1, -0.05) is 0 Å². The van der Waals surface area contributed by atoms with E-state index in [1.54, 1.807) is 11.3 Å². The fraction of sp³-hybridized carbons (Fsp3) is 0.462. The molecule has 0 radical (unpaired) electrons. The molecule has 21 heavy (non-hydrogen) atoms. The van der Waals surface area contributed by atoms with Crippen LogP contribution in [0.4, 0.5) is 4.79 Å². The number of aryl methyl sites for hydroxylation is 1. The number of nitrogens with one attached hydrogen (secondary N) is 2. The van der Waals surface area contributed by atoms with Gasteiger partial charge in [-0.3, -0.25) is 4.79 Å². The second kappa shape index (κ2) is 6.57. The first kappa shape index (κ1) is 15.3. The number of carbonyl (C=O) groups is 3. The molecule has 0 saturated carbocycles. The van der Waals surface area contributed by atoms with Crippen LogP contribution in [0.1, 0.15) is 35.7 Å². The minimum absolute atomic E-state index is 0.153. The highest BCUT2D eigenvalue weighted by atomic mass is 32.1. The van der Waals surface area contributed by atoms with Gasteiger partial charge in [-0.15, -0.1) is 11.3 Å². The van der Waals surface area contributed by atoms with Gasteiger partial charge in [0.15, 0.2) is 0 Å². The number of carbonyl (C=O) groups excluding carboxylic acids is 1. The van der Waals surface area contributed by atoms with Gasteiger partial charge in [-0.05, 0) is 36.3 Å². The molecule has 4 N–H and O–H groups in total. The maximum atomic E-state index is 11.9. The molecule has 1 aliphatic carbocycles. The molecule has 0 saturated heterocycles. The number of hydrogen-bond acceptors (Lipinski definition) is 4. The van der Waals surface area contributed by atoms with Crippen LogP contribution in [0.2, 0.25) is 0 Å². The first-order valence-electron chi connectivity index (χ1n) is 6.55. The van der Waals surface area contributed by atoms with E-state index in [1.807, 2.05) is 11.4 Å². The van der Waals surface area contributed by atoms with E-state index in [9.17, 15) is 14.4 Å². The molecule has 2 amide bonds. The fourth-order valence-electron chi connectivity index (χ4n) is 2.37. The van der Waals surface area contributed by atoms with Crippen molar-refractivity contribution in [3.8, 4) is 0 Å². The van der Waals surface area contributed by atoms with Gasteiger partial charge in [-0.2, -0.15) is 0 Å². The third-order valence-electron chi connectivity index (χ3n) is 3.34. The molecule has 1 heterocycles. The Hall–Kier alpha value is -2.09. The van der Waals surface area contributed by atoms with Crippen LogP contribution in [-0.2, 0) is 16.0 Å². The number of thiophene rings is 1. The van der Waals surface area contributed by atoms with E-state index in [1.165, 1.54) is 4.88 Å². The van der Waals surface area contributed by atoms with E-state index in [2.05, 4.69) is 10.6 Å². The summed E-state index contributed by atoms with van der Waals surface area (Å²) in [6.07, 6.45) is 2.07. The smallest absolute Gasteiger partial charge is 0.326 e. The molecular weight excluding hydrogens is 296 g/mol. The Morgan fingerprint density at radius 2 is 2.14 bits per heavy atom. The number of carboxylic acids is 2. The van der Waals surface area contributed by atoms with Gasteiger partial charge in [-0.25, -0.2) is 9.59 Å². The molecule has 114 valence electrons. The quantitative estimate of drug-likeness (QED) is 0.655. The zero-order chi connectivity index (χ0) is 15.4. The van der Waals surface area contributed by atoms with Gasteiger partial charge in [0, 0.05) is 4.88 Å². The first-order chi connectivity index (χ1) is 9.97. The SMILES string of the molecule is O=C(O)CC(NC(=O)NC1CCCc2sccc21)C(=O)O. The lowest BCUT2D eigenvalue weighted by molar-refractivity contribution is -0.145. The first-order valence-corrected chi connectivity index (χ1v) is 7.43. The molecule has 8 heteroatoms. The van der Waals surface area contributed by atoms with Gasteiger partial charge in [0.25, 0.3) is 0 Å². The van der Waals surface area contributed by atoms with E-state index < -0.39 is 30.4 Å². The number of hydrogen-bond donors (Lipinski definition) is 4. The summed E-state index contributed by atoms with van der Waals surface area (Å²) in [5, 5.41) is 24.4. The van der Waals surface area contributed by atoms with Gasteiger partial charge < -0.3 is 20.8 Å². The zero-order valence-corrected chi connectivity index (χ0v) is 12.0. The summed E-state index contributed by atoms with van der Waals surface area (Å²) in [5.41, 5.74) is 1.06. The highest BCUT2D eigenvalue weighted by molar-refractivity contribution is 7.10. The molecule has 0 aliphatic heterocycles. The van der Waals surface area contributed by atoms with Crippen molar-refractivity contribution in [1.29, 1.82) is 0 Å². The molecule has 1 aromatic rings. The summed E-state index contributed by atoms with van der Waals surface area (Å²) in [6.45, 7) is 0. The lowest BCUT2D eigenvalue weighted by Crippen LogP contribution is -2.48. The van der Waals surface area contributed by atoms with Crippen molar-refractivity contribution in [2.24, 2.45) is 0 Å². The van der Waals surface area contributed by atoms with Crippen LogP contribution < -0.4 is 10.6 Å². The molecule has 7 nitrogen and oxygen atoms in total. The van der Waals surface area contributed by atoms with E-state index in [0.29, 0.717) is 0 Å². The van der Waals surface area contributed by atoms with E-state index in [4.69, 9.17) is 10.2 Å². The number of carboxylic acid groups (broad SMARTS) is 2. The van der Waals surface area contributed by atoms with Crippen molar-refractivity contribution in [2.75, 3.05) is 0 Å². The van der Waals surface area contributed by atoms with Gasteiger partial charge in [0.2, 0.25) is 0 Å². The third kappa shape index (κ3) is 3.94. The summed E-state index contributed by atoms with van der Waals surface area (Å²) >= 11 is 1.64. The molecule has 2 atom stereocenters. The molecule has 1 aromatic heterocycles. The fourth-order valence-corrected chi connectivity index (χ4v) is 3.36. The highest BCUT2D eigenvalue weighted by Crippen LogP contribution is 2.33. The van der Waals surface area contributed by atoms with Crippen LogP contribution in [0.3, 0.4) is 0 Å². The van der Waals surface area contributed by atoms with Crippen LogP contribution in [0, 0.1) is 0 Å². The Balaban J connectivity index is 1.96. The van der Waals surface area contributed by atoms with Crippen LogP contribution in [0.5, 0.6) is 0 Å². The van der Waals surface area contributed by atoms with Crippen LogP contribution in [-0.4, -0.2) is 34.2 Å². The average Bonchev–Trinajstić information content (AvgIpc) is 2.86. The molecule has 1 aliphatic rings. The lowest BCUT2D eigenvalue weighted by Gasteiger charge is -2.24.